The molecular formula is C16H11ClN2O. The number of ketones is 1. The molecular weight excluding hydrogens is 272 g/mol. The van der Waals surface area contributed by atoms with Crippen molar-refractivity contribution in [2.45, 2.75) is 0 Å². The van der Waals surface area contributed by atoms with Crippen LogP contribution in [-0.2, 0) is 0 Å². The summed E-state index contributed by atoms with van der Waals surface area (Å²) in [5.41, 5.74) is 1.99. The summed E-state index contributed by atoms with van der Waals surface area (Å²) >= 11 is 5.95. The van der Waals surface area contributed by atoms with Crippen LogP contribution in [0.5, 0.6) is 0 Å². The van der Waals surface area contributed by atoms with Crippen molar-refractivity contribution in [3.8, 4) is 5.69 Å². The molecule has 1 aromatic heterocycles. The molecule has 3 nitrogen and oxygen atoms in total. The van der Waals surface area contributed by atoms with Gasteiger partial charge >= 0.3 is 0 Å². The van der Waals surface area contributed by atoms with Gasteiger partial charge in [0.2, 0.25) is 0 Å². The number of para-hydroxylation sites is 1. The lowest BCUT2D eigenvalue weighted by molar-refractivity contribution is 0.103. The van der Waals surface area contributed by atoms with Gasteiger partial charge in [0.1, 0.15) is 0 Å². The largest absolute Gasteiger partial charge is 0.306 e. The third-order valence-corrected chi connectivity index (χ3v) is 3.25. The van der Waals surface area contributed by atoms with E-state index in [-0.39, 0.29) is 5.78 Å². The summed E-state index contributed by atoms with van der Waals surface area (Å²) in [7, 11) is 0. The Morgan fingerprint density at radius 1 is 1.10 bits per heavy atom. The van der Waals surface area contributed by atoms with Gasteiger partial charge in [-0.15, -0.1) is 0 Å². The highest BCUT2D eigenvalue weighted by Crippen LogP contribution is 2.20. The van der Waals surface area contributed by atoms with E-state index in [1.165, 1.54) is 0 Å². The van der Waals surface area contributed by atoms with Crippen LogP contribution in [0, 0.1) is 0 Å². The van der Waals surface area contributed by atoms with Gasteiger partial charge in [0, 0.05) is 28.5 Å². The van der Waals surface area contributed by atoms with Crippen LogP contribution in [0.3, 0.4) is 0 Å². The molecule has 3 aromatic rings. The fourth-order valence-electron chi connectivity index (χ4n) is 2.08. The first-order valence-electron chi connectivity index (χ1n) is 6.13. The van der Waals surface area contributed by atoms with E-state index in [0.717, 1.165) is 5.69 Å². The van der Waals surface area contributed by atoms with Gasteiger partial charge in [-0.2, -0.15) is 0 Å². The summed E-state index contributed by atoms with van der Waals surface area (Å²) in [5, 5.41) is 0.552. The van der Waals surface area contributed by atoms with Crippen molar-refractivity contribution in [2.75, 3.05) is 0 Å². The molecule has 4 heteroatoms. The molecule has 0 aliphatic rings. The zero-order chi connectivity index (χ0) is 13.9. The number of hydrogen-bond acceptors (Lipinski definition) is 2. The van der Waals surface area contributed by atoms with Gasteiger partial charge in [-0.05, 0) is 24.3 Å². The van der Waals surface area contributed by atoms with Gasteiger partial charge in [0.25, 0.3) is 0 Å². The Balaban J connectivity index is 2.09. The van der Waals surface area contributed by atoms with E-state index in [1.807, 2.05) is 29.0 Å². The molecule has 0 saturated heterocycles. The second-order valence-electron chi connectivity index (χ2n) is 4.33. The Morgan fingerprint density at radius 3 is 2.70 bits per heavy atom. The summed E-state index contributed by atoms with van der Waals surface area (Å²) in [6.45, 7) is 0. The van der Waals surface area contributed by atoms with Crippen molar-refractivity contribution in [1.82, 2.24) is 9.55 Å². The average Bonchev–Trinajstić information content (AvgIpc) is 3.00. The van der Waals surface area contributed by atoms with E-state index in [1.54, 1.807) is 42.9 Å². The van der Waals surface area contributed by atoms with E-state index < -0.39 is 0 Å². The molecule has 0 atom stereocenters. The first-order chi connectivity index (χ1) is 9.75. The highest BCUT2D eigenvalue weighted by atomic mass is 35.5. The van der Waals surface area contributed by atoms with E-state index in [0.29, 0.717) is 16.1 Å². The van der Waals surface area contributed by atoms with E-state index in [4.69, 9.17) is 11.6 Å². The number of carbonyl (C=O) groups is 1. The number of rotatable bonds is 3. The van der Waals surface area contributed by atoms with Crippen LogP contribution >= 0.6 is 11.6 Å². The molecule has 0 aliphatic heterocycles. The Bertz CT molecular complexity index is 751. The third-order valence-electron chi connectivity index (χ3n) is 3.02. The maximum Gasteiger partial charge on any atom is 0.195 e. The monoisotopic (exact) mass is 282 g/mol. The molecule has 1 heterocycles. The minimum Gasteiger partial charge on any atom is -0.306 e. The standard InChI is InChI=1S/C16H11ClN2O/c17-13-5-3-4-12(10-13)16(20)14-6-1-2-7-15(14)19-9-8-18-11-19/h1-11H. The Labute approximate surface area is 121 Å². The fraction of sp³-hybridized carbons (Fsp3) is 0. The van der Waals surface area contributed by atoms with Gasteiger partial charge in [-0.3, -0.25) is 4.79 Å². The van der Waals surface area contributed by atoms with Crippen molar-refractivity contribution >= 4 is 17.4 Å². The maximum absolute atomic E-state index is 12.6. The van der Waals surface area contributed by atoms with Crippen LogP contribution in [0.1, 0.15) is 15.9 Å². The summed E-state index contributed by atoms with van der Waals surface area (Å²) in [4.78, 5) is 16.6. The van der Waals surface area contributed by atoms with Crippen LogP contribution in [-0.4, -0.2) is 15.3 Å². The molecule has 3 rings (SSSR count). The summed E-state index contributed by atoms with van der Waals surface area (Å²) in [5.74, 6) is -0.0585. The minimum atomic E-state index is -0.0585. The highest BCUT2D eigenvalue weighted by Gasteiger charge is 2.14. The SMILES string of the molecule is O=C(c1cccc(Cl)c1)c1ccccc1-n1ccnc1. The predicted molar refractivity (Wildman–Crippen MR) is 78.4 cm³/mol. The topological polar surface area (TPSA) is 34.9 Å². The van der Waals surface area contributed by atoms with Gasteiger partial charge in [-0.25, -0.2) is 4.98 Å². The normalized spacial score (nSPS) is 10.4. The molecule has 0 amide bonds. The summed E-state index contributed by atoms with van der Waals surface area (Å²) in [6.07, 6.45) is 5.16. The number of halogens is 1. The average molecular weight is 283 g/mol. The van der Waals surface area contributed by atoms with Gasteiger partial charge in [0.15, 0.2) is 5.78 Å². The molecule has 98 valence electrons. The Kier molecular flexibility index (Phi) is 3.35. The van der Waals surface area contributed by atoms with Crippen molar-refractivity contribution in [3.05, 3.63) is 83.4 Å². The maximum atomic E-state index is 12.6. The quantitative estimate of drug-likeness (QED) is 0.686. The third kappa shape index (κ3) is 2.36. The van der Waals surface area contributed by atoms with Crippen molar-refractivity contribution in [3.63, 3.8) is 0 Å². The van der Waals surface area contributed by atoms with Gasteiger partial charge in [-0.1, -0.05) is 35.9 Å². The number of aromatic nitrogens is 2. The fourth-order valence-corrected chi connectivity index (χ4v) is 2.27. The second-order valence-corrected chi connectivity index (χ2v) is 4.76. The molecule has 20 heavy (non-hydrogen) atoms. The summed E-state index contributed by atoms with van der Waals surface area (Å²) < 4.78 is 1.82. The van der Waals surface area contributed by atoms with Crippen LogP contribution < -0.4 is 0 Å². The molecule has 0 bridgehead atoms. The van der Waals surface area contributed by atoms with Crippen molar-refractivity contribution in [1.29, 1.82) is 0 Å². The molecule has 0 radical (unpaired) electrons. The number of benzene rings is 2. The lowest BCUT2D eigenvalue weighted by Gasteiger charge is -2.09. The van der Waals surface area contributed by atoms with Gasteiger partial charge in [0.05, 0.1) is 12.0 Å². The molecule has 0 saturated carbocycles. The molecule has 0 fully saturated rings. The summed E-state index contributed by atoms with van der Waals surface area (Å²) in [6, 6.07) is 14.4. The van der Waals surface area contributed by atoms with Crippen molar-refractivity contribution in [2.24, 2.45) is 0 Å². The van der Waals surface area contributed by atoms with E-state index in [2.05, 4.69) is 4.98 Å². The first-order valence-corrected chi connectivity index (χ1v) is 6.51. The van der Waals surface area contributed by atoms with E-state index >= 15 is 0 Å². The highest BCUT2D eigenvalue weighted by molar-refractivity contribution is 6.31. The Hall–Kier alpha value is -2.39. The Morgan fingerprint density at radius 2 is 1.95 bits per heavy atom. The minimum absolute atomic E-state index is 0.0585. The number of hydrogen-bond donors (Lipinski definition) is 0. The zero-order valence-electron chi connectivity index (χ0n) is 10.5. The predicted octanol–water partition coefficient (Wildman–Crippen LogP) is 3.76. The first kappa shape index (κ1) is 12.6. The second kappa shape index (κ2) is 5.31. The smallest absolute Gasteiger partial charge is 0.195 e. The number of nitrogens with zero attached hydrogens (tertiary/aromatic N) is 2. The lowest BCUT2D eigenvalue weighted by atomic mass is 10.0. The lowest BCUT2D eigenvalue weighted by Crippen LogP contribution is -2.06. The zero-order valence-corrected chi connectivity index (χ0v) is 11.3. The van der Waals surface area contributed by atoms with Gasteiger partial charge < -0.3 is 4.57 Å². The van der Waals surface area contributed by atoms with E-state index in [9.17, 15) is 4.79 Å². The van der Waals surface area contributed by atoms with Crippen molar-refractivity contribution < 1.29 is 4.79 Å². The molecule has 0 aliphatic carbocycles. The van der Waals surface area contributed by atoms with Crippen LogP contribution in [0.25, 0.3) is 5.69 Å². The molecule has 0 spiro atoms. The molecule has 0 unspecified atom stereocenters. The number of carbonyl (C=O) groups excluding carboxylic acids is 1. The van der Waals surface area contributed by atoms with Crippen LogP contribution in [0.2, 0.25) is 5.02 Å². The van der Waals surface area contributed by atoms with Crippen LogP contribution in [0.15, 0.2) is 67.3 Å². The molecule has 0 N–H and O–H groups in total. The molecule has 2 aromatic carbocycles. The number of imidazole rings is 1. The van der Waals surface area contributed by atoms with Crippen LogP contribution in [0.4, 0.5) is 0 Å².